The van der Waals surface area contributed by atoms with Gasteiger partial charge in [-0.25, -0.2) is 9.97 Å². The highest BCUT2D eigenvalue weighted by Crippen LogP contribution is 2.27. The number of hydrogen-bond donors (Lipinski definition) is 1. The molecule has 0 saturated carbocycles. The number of nitrogens with one attached hydrogen (secondary N) is 1. The summed E-state index contributed by atoms with van der Waals surface area (Å²) in [5, 5.41) is 3.50. The lowest BCUT2D eigenvalue weighted by atomic mass is 10.0. The summed E-state index contributed by atoms with van der Waals surface area (Å²) in [5.74, 6) is 2.64. The van der Waals surface area contributed by atoms with Crippen LogP contribution in [-0.2, 0) is 6.42 Å². The average Bonchev–Trinajstić information content (AvgIpc) is 2.57. The first-order chi connectivity index (χ1) is 11.2. The first-order valence-corrected chi connectivity index (χ1v) is 8.60. The van der Waals surface area contributed by atoms with Crippen LogP contribution in [0, 0.1) is 12.8 Å². The van der Waals surface area contributed by atoms with E-state index in [2.05, 4.69) is 65.2 Å². The molecule has 0 radical (unpaired) electrons. The average molecular weight is 310 g/mol. The number of para-hydroxylation sites is 1. The largest absolute Gasteiger partial charge is 0.356 e. The van der Waals surface area contributed by atoms with E-state index in [0.717, 1.165) is 37.1 Å². The maximum absolute atomic E-state index is 4.48. The lowest BCUT2D eigenvalue weighted by Crippen LogP contribution is -2.34. The number of benzene rings is 1. The SMILES string of the molecule is CCc1cccc(C)c1Nc1cc(N2CCCC(C)C2)ncn1. The predicted molar refractivity (Wildman–Crippen MR) is 96.5 cm³/mol. The quantitative estimate of drug-likeness (QED) is 0.912. The summed E-state index contributed by atoms with van der Waals surface area (Å²) < 4.78 is 0. The highest BCUT2D eigenvalue weighted by molar-refractivity contribution is 5.66. The summed E-state index contributed by atoms with van der Waals surface area (Å²) in [6, 6.07) is 8.49. The van der Waals surface area contributed by atoms with Crippen LogP contribution in [0.4, 0.5) is 17.3 Å². The number of piperidine rings is 1. The van der Waals surface area contributed by atoms with Crippen LogP contribution < -0.4 is 10.2 Å². The molecular weight excluding hydrogens is 284 g/mol. The minimum atomic E-state index is 0.734. The Morgan fingerprint density at radius 2 is 2.17 bits per heavy atom. The van der Waals surface area contributed by atoms with Gasteiger partial charge in [-0.2, -0.15) is 0 Å². The van der Waals surface area contributed by atoms with Crippen molar-refractivity contribution in [2.24, 2.45) is 5.92 Å². The van der Waals surface area contributed by atoms with Crippen LogP contribution in [0.3, 0.4) is 0 Å². The van der Waals surface area contributed by atoms with Gasteiger partial charge in [-0.05, 0) is 43.2 Å². The van der Waals surface area contributed by atoms with Crippen LogP contribution in [0.2, 0.25) is 0 Å². The summed E-state index contributed by atoms with van der Waals surface area (Å²) in [5.41, 5.74) is 3.74. The first kappa shape index (κ1) is 15.8. The van der Waals surface area contributed by atoms with Gasteiger partial charge in [0.2, 0.25) is 0 Å². The van der Waals surface area contributed by atoms with Crippen molar-refractivity contribution in [2.75, 3.05) is 23.3 Å². The zero-order chi connectivity index (χ0) is 16.2. The van der Waals surface area contributed by atoms with Crippen molar-refractivity contribution < 1.29 is 0 Å². The fourth-order valence-electron chi connectivity index (χ4n) is 3.32. The summed E-state index contributed by atoms with van der Waals surface area (Å²) in [6.45, 7) is 8.80. The molecule has 1 aromatic heterocycles. The number of rotatable bonds is 4. The molecule has 1 atom stereocenters. The van der Waals surface area contributed by atoms with Crippen LogP contribution in [0.25, 0.3) is 0 Å². The number of anilines is 3. The molecule has 2 heterocycles. The van der Waals surface area contributed by atoms with Crippen LogP contribution >= 0.6 is 0 Å². The monoisotopic (exact) mass is 310 g/mol. The Kier molecular flexibility index (Phi) is 4.79. The molecule has 2 aromatic rings. The van der Waals surface area contributed by atoms with Crippen molar-refractivity contribution in [1.82, 2.24) is 9.97 Å². The van der Waals surface area contributed by atoms with E-state index in [1.165, 1.54) is 29.7 Å². The first-order valence-electron chi connectivity index (χ1n) is 8.60. The van der Waals surface area contributed by atoms with E-state index >= 15 is 0 Å². The smallest absolute Gasteiger partial charge is 0.135 e. The highest BCUT2D eigenvalue weighted by atomic mass is 15.2. The van der Waals surface area contributed by atoms with Crippen LogP contribution in [0.5, 0.6) is 0 Å². The van der Waals surface area contributed by atoms with Gasteiger partial charge in [-0.1, -0.05) is 32.0 Å². The molecule has 1 fully saturated rings. The van der Waals surface area contributed by atoms with E-state index in [1.54, 1.807) is 6.33 Å². The van der Waals surface area contributed by atoms with Crippen molar-refractivity contribution in [3.8, 4) is 0 Å². The van der Waals surface area contributed by atoms with Gasteiger partial charge >= 0.3 is 0 Å². The van der Waals surface area contributed by atoms with E-state index < -0.39 is 0 Å². The van der Waals surface area contributed by atoms with Gasteiger partial charge in [0.05, 0.1) is 0 Å². The van der Waals surface area contributed by atoms with E-state index in [9.17, 15) is 0 Å². The zero-order valence-electron chi connectivity index (χ0n) is 14.3. The lowest BCUT2D eigenvalue weighted by molar-refractivity contribution is 0.444. The Labute approximate surface area is 139 Å². The van der Waals surface area contributed by atoms with Gasteiger partial charge in [-0.15, -0.1) is 0 Å². The van der Waals surface area contributed by atoms with Gasteiger partial charge in [0, 0.05) is 24.8 Å². The van der Waals surface area contributed by atoms with Gasteiger partial charge in [0.25, 0.3) is 0 Å². The molecule has 1 N–H and O–H groups in total. The number of aryl methyl sites for hydroxylation is 2. The molecule has 4 nitrogen and oxygen atoms in total. The van der Waals surface area contributed by atoms with E-state index in [4.69, 9.17) is 0 Å². The van der Waals surface area contributed by atoms with Crippen molar-refractivity contribution in [2.45, 2.75) is 40.0 Å². The summed E-state index contributed by atoms with van der Waals surface area (Å²) in [6.07, 6.45) is 5.23. The van der Waals surface area contributed by atoms with Gasteiger partial charge < -0.3 is 10.2 Å². The Balaban J connectivity index is 1.83. The summed E-state index contributed by atoms with van der Waals surface area (Å²) >= 11 is 0. The van der Waals surface area contributed by atoms with Crippen molar-refractivity contribution >= 4 is 17.3 Å². The Morgan fingerprint density at radius 1 is 1.30 bits per heavy atom. The molecule has 23 heavy (non-hydrogen) atoms. The maximum atomic E-state index is 4.48. The molecule has 3 rings (SSSR count). The van der Waals surface area contributed by atoms with Crippen LogP contribution in [0.15, 0.2) is 30.6 Å². The van der Waals surface area contributed by atoms with Crippen LogP contribution in [0.1, 0.15) is 37.8 Å². The molecule has 0 bridgehead atoms. The third-order valence-corrected chi connectivity index (χ3v) is 4.63. The minimum absolute atomic E-state index is 0.734. The maximum Gasteiger partial charge on any atom is 0.135 e. The van der Waals surface area contributed by atoms with E-state index in [0.29, 0.717) is 0 Å². The van der Waals surface area contributed by atoms with Gasteiger partial charge in [0.1, 0.15) is 18.0 Å². The molecule has 4 heteroatoms. The van der Waals surface area contributed by atoms with E-state index in [-0.39, 0.29) is 0 Å². The molecule has 1 aromatic carbocycles. The highest BCUT2D eigenvalue weighted by Gasteiger charge is 2.18. The third-order valence-electron chi connectivity index (χ3n) is 4.63. The standard InChI is InChI=1S/C19H26N4/c1-4-16-9-5-8-15(3)19(16)22-17-11-18(21-13-20-17)23-10-6-7-14(2)12-23/h5,8-9,11,13-14H,4,6-7,10,12H2,1-3H3,(H,20,21,22). The van der Waals surface area contributed by atoms with E-state index in [1.807, 2.05) is 0 Å². The number of hydrogen-bond acceptors (Lipinski definition) is 4. The summed E-state index contributed by atoms with van der Waals surface area (Å²) in [4.78, 5) is 11.3. The Bertz CT molecular complexity index is 668. The molecule has 0 amide bonds. The van der Waals surface area contributed by atoms with Gasteiger partial charge in [-0.3, -0.25) is 0 Å². The molecule has 1 saturated heterocycles. The predicted octanol–water partition coefficient (Wildman–Crippen LogP) is 4.33. The second kappa shape index (κ2) is 6.99. The summed E-state index contributed by atoms with van der Waals surface area (Å²) in [7, 11) is 0. The zero-order valence-corrected chi connectivity index (χ0v) is 14.3. The molecule has 1 aliphatic rings. The second-order valence-electron chi connectivity index (χ2n) is 6.54. The Morgan fingerprint density at radius 3 is 2.96 bits per heavy atom. The second-order valence-corrected chi connectivity index (χ2v) is 6.54. The Hall–Kier alpha value is -2.10. The topological polar surface area (TPSA) is 41.0 Å². The molecule has 0 spiro atoms. The fraction of sp³-hybridized carbons (Fsp3) is 0.474. The van der Waals surface area contributed by atoms with Crippen molar-refractivity contribution in [1.29, 1.82) is 0 Å². The molecule has 1 aliphatic heterocycles. The molecule has 0 aliphatic carbocycles. The van der Waals surface area contributed by atoms with Gasteiger partial charge in [0.15, 0.2) is 0 Å². The van der Waals surface area contributed by atoms with Crippen molar-refractivity contribution in [3.63, 3.8) is 0 Å². The third kappa shape index (κ3) is 3.63. The lowest BCUT2D eigenvalue weighted by Gasteiger charge is -2.31. The normalized spacial score (nSPS) is 18.0. The minimum Gasteiger partial charge on any atom is -0.356 e. The fourth-order valence-corrected chi connectivity index (χ4v) is 3.32. The number of nitrogens with zero attached hydrogens (tertiary/aromatic N) is 3. The molecule has 1 unspecified atom stereocenters. The number of aromatic nitrogens is 2. The molecular formula is C19H26N4. The van der Waals surface area contributed by atoms with Crippen molar-refractivity contribution in [3.05, 3.63) is 41.7 Å². The van der Waals surface area contributed by atoms with Crippen LogP contribution in [-0.4, -0.2) is 23.1 Å². The molecule has 122 valence electrons.